The van der Waals surface area contributed by atoms with Crippen molar-refractivity contribution in [3.63, 3.8) is 0 Å². The van der Waals surface area contributed by atoms with Crippen molar-refractivity contribution in [2.24, 2.45) is 5.73 Å². The number of methoxy groups -OCH3 is 1. The Morgan fingerprint density at radius 2 is 2.31 bits per heavy atom. The Morgan fingerprint density at radius 1 is 1.56 bits per heavy atom. The minimum absolute atomic E-state index is 0.423. The number of carbonyl (C=O) groups excluding carboxylic acids is 1. The van der Waals surface area contributed by atoms with Crippen LogP contribution in [0, 0.1) is 0 Å². The lowest BCUT2D eigenvalue weighted by Crippen LogP contribution is -2.18. The number of anilines is 2. The summed E-state index contributed by atoms with van der Waals surface area (Å²) in [7, 11) is 1.54. The number of nitrogens with two attached hydrogens (primary N) is 2. The highest BCUT2D eigenvalue weighted by Crippen LogP contribution is 2.34. The lowest BCUT2D eigenvalue weighted by molar-refractivity contribution is 0.259. The molecule has 7 heteroatoms. The van der Waals surface area contributed by atoms with E-state index in [9.17, 15) is 4.79 Å². The van der Waals surface area contributed by atoms with Gasteiger partial charge in [0, 0.05) is 11.8 Å². The summed E-state index contributed by atoms with van der Waals surface area (Å²) in [6, 6.07) is 2.80. The predicted octanol–water partition coefficient (Wildman–Crippen LogP) is 1.38. The third kappa shape index (κ3) is 1.84. The Morgan fingerprint density at radius 3 is 2.94 bits per heavy atom. The van der Waals surface area contributed by atoms with E-state index < -0.39 is 6.03 Å². The van der Waals surface area contributed by atoms with E-state index in [-0.39, 0.29) is 0 Å². The summed E-state index contributed by atoms with van der Waals surface area (Å²) >= 11 is 1.29. The maximum Gasteiger partial charge on any atom is 0.318 e. The second-order valence-electron chi connectivity index (χ2n) is 3.08. The molecule has 16 heavy (non-hydrogen) atoms. The summed E-state index contributed by atoms with van der Waals surface area (Å²) in [6.45, 7) is 0. The molecule has 6 nitrogen and oxygen atoms in total. The van der Waals surface area contributed by atoms with Crippen LogP contribution in [-0.2, 0) is 0 Å². The molecule has 1 heterocycles. The van der Waals surface area contributed by atoms with Crippen LogP contribution in [0.4, 0.5) is 15.6 Å². The highest BCUT2D eigenvalue weighted by atomic mass is 32.1. The van der Waals surface area contributed by atoms with E-state index >= 15 is 0 Å². The largest absolute Gasteiger partial charge is 0.494 e. The molecule has 0 radical (unpaired) electrons. The van der Waals surface area contributed by atoms with Crippen molar-refractivity contribution >= 4 is 38.4 Å². The number of ether oxygens (including phenoxy) is 1. The molecular formula is C9H10N4O2S. The number of hydrogen-bond acceptors (Lipinski definition) is 5. The van der Waals surface area contributed by atoms with Gasteiger partial charge in [0.2, 0.25) is 0 Å². The van der Waals surface area contributed by atoms with E-state index in [0.717, 1.165) is 4.70 Å². The number of aromatic nitrogens is 1. The minimum Gasteiger partial charge on any atom is -0.494 e. The van der Waals surface area contributed by atoms with Gasteiger partial charge in [-0.2, -0.15) is 0 Å². The number of amides is 2. The van der Waals surface area contributed by atoms with Crippen molar-refractivity contribution in [2.75, 3.05) is 18.2 Å². The van der Waals surface area contributed by atoms with E-state index in [2.05, 4.69) is 10.3 Å². The number of hydrogen-bond donors (Lipinski definition) is 3. The van der Waals surface area contributed by atoms with Gasteiger partial charge in [0.05, 0.1) is 11.8 Å². The lowest BCUT2D eigenvalue weighted by atomic mass is 10.3. The van der Waals surface area contributed by atoms with Crippen LogP contribution < -0.4 is 21.5 Å². The fraction of sp³-hybridized carbons (Fsp3) is 0.111. The number of thiazole rings is 1. The van der Waals surface area contributed by atoms with Gasteiger partial charge in [0.25, 0.3) is 0 Å². The van der Waals surface area contributed by atoms with E-state index in [4.69, 9.17) is 16.2 Å². The van der Waals surface area contributed by atoms with Crippen molar-refractivity contribution in [3.8, 4) is 5.75 Å². The first kappa shape index (κ1) is 10.5. The molecule has 1 aromatic carbocycles. The average molecular weight is 238 g/mol. The molecule has 2 rings (SSSR count). The van der Waals surface area contributed by atoms with Gasteiger partial charge in [0.1, 0.15) is 11.3 Å². The topological polar surface area (TPSA) is 103 Å². The van der Waals surface area contributed by atoms with Crippen LogP contribution >= 0.6 is 11.3 Å². The smallest absolute Gasteiger partial charge is 0.318 e. The van der Waals surface area contributed by atoms with Crippen LogP contribution in [-0.4, -0.2) is 18.1 Å². The number of nitrogens with one attached hydrogen (secondary N) is 1. The minimum atomic E-state index is -0.647. The normalized spacial score (nSPS) is 10.3. The van der Waals surface area contributed by atoms with Gasteiger partial charge >= 0.3 is 6.03 Å². The molecule has 0 saturated heterocycles. The monoisotopic (exact) mass is 238 g/mol. The molecule has 84 valence electrons. The second-order valence-corrected chi connectivity index (χ2v) is 4.11. The Hall–Kier alpha value is -2.02. The summed E-state index contributed by atoms with van der Waals surface area (Å²) in [5.74, 6) is 0.573. The molecule has 0 bridgehead atoms. The van der Waals surface area contributed by atoms with Crippen LogP contribution in [0.25, 0.3) is 10.2 Å². The van der Waals surface area contributed by atoms with Crippen molar-refractivity contribution in [1.82, 2.24) is 4.98 Å². The van der Waals surface area contributed by atoms with E-state index in [1.165, 1.54) is 18.4 Å². The molecule has 0 saturated carbocycles. The number of nitrogen functional groups attached to an aromatic ring is 1. The number of fused-ring (bicyclic) bond motifs is 1. The molecule has 1 aromatic heterocycles. The third-order valence-electron chi connectivity index (χ3n) is 1.93. The van der Waals surface area contributed by atoms with Crippen LogP contribution in [0.1, 0.15) is 0 Å². The zero-order valence-corrected chi connectivity index (χ0v) is 9.30. The average Bonchev–Trinajstić information content (AvgIpc) is 2.57. The maximum atomic E-state index is 10.7. The molecule has 5 N–H and O–H groups in total. The molecule has 2 amide bonds. The number of urea groups is 1. The van der Waals surface area contributed by atoms with Crippen LogP contribution in [0.15, 0.2) is 12.1 Å². The first-order chi connectivity index (χ1) is 7.60. The van der Waals surface area contributed by atoms with Crippen molar-refractivity contribution in [3.05, 3.63) is 12.1 Å². The molecule has 0 fully saturated rings. The first-order valence-electron chi connectivity index (χ1n) is 4.40. The third-order valence-corrected chi connectivity index (χ3v) is 2.85. The summed E-state index contributed by atoms with van der Waals surface area (Å²) in [4.78, 5) is 14.9. The van der Waals surface area contributed by atoms with Crippen LogP contribution in [0.3, 0.4) is 0 Å². The molecular weight excluding hydrogens is 228 g/mol. The summed E-state index contributed by atoms with van der Waals surface area (Å²) in [5.41, 5.74) is 11.9. The SMILES string of the molecule is COc1cc(N)cc2sc(NC(N)=O)nc12. The summed E-state index contributed by atoms with van der Waals surface area (Å²) in [5, 5.41) is 2.84. The van der Waals surface area contributed by atoms with Crippen LogP contribution in [0.5, 0.6) is 5.75 Å². The van der Waals surface area contributed by atoms with Crippen molar-refractivity contribution in [2.45, 2.75) is 0 Å². The number of rotatable bonds is 2. The van der Waals surface area contributed by atoms with E-state index in [0.29, 0.717) is 22.1 Å². The Labute approximate surface area is 95.2 Å². The highest BCUT2D eigenvalue weighted by molar-refractivity contribution is 7.22. The van der Waals surface area contributed by atoms with E-state index in [1.54, 1.807) is 12.1 Å². The Balaban J connectivity index is 2.55. The fourth-order valence-electron chi connectivity index (χ4n) is 1.33. The van der Waals surface area contributed by atoms with Gasteiger partial charge in [-0.15, -0.1) is 0 Å². The molecule has 0 spiro atoms. The lowest BCUT2D eigenvalue weighted by Gasteiger charge is -2.01. The summed E-state index contributed by atoms with van der Waals surface area (Å²) in [6.07, 6.45) is 0. The van der Waals surface area contributed by atoms with E-state index in [1.807, 2.05) is 0 Å². The quantitative estimate of drug-likeness (QED) is 0.687. The number of primary amides is 1. The molecule has 0 aliphatic rings. The van der Waals surface area contributed by atoms with Crippen molar-refractivity contribution < 1.29 is 9.53 Å². The molecule has 0 atom stereocenters. The second kappa shape index (κ2) is 3.86. The molecule has 0 unspecified atom stereocenters. The zero-order chi connectivity index (χ0) is 11.7. The highest BCUT2D eigenvalue weighted by Gasteiger charge is 2.10. The van der Waals surface area contributed by atoms with Gasteiger partial charge in [-0.3, -0.25) is 5.32 Å². The number of nitrogens with zero attached hydrogens (tertiary/aromatic N) is 1. The van der Waals surface area contributed by atoms with Gasteiger partial charge in [-0.25, -0.2) is 9.78 Å². The number of benzene rings is 1. The predicted molar refractivity (Wildman–Crippen MR) is 63.8 cm³/mol. The zero-order valence-electron chi connectivity index (χ0n) is 8.48. The van der Waals surface area contributed by atoms with Crippen molar-refractivity contribution in [1.29, 1.82) is 0 Å². The van der Waals surface area contributed by atoms with Gasteiger partial charge in [0.15, 0.2) is 5.13 Å². The Bertz CT molecular complexity index is 552. The first-order valence-corrected chi connectivity index (χ1v) is 5.22. The fourth-order valence-corrected chi connectivity index (χ4v) is 2.27. The number of carbonyl (C=O) groups is 1. The summed E-state index contributed by atoms with van der Waals surface area (Å²) < 4.78 is 5.98. The van der Waals surface area contributed by atoms with Gasteiger partial charge in [-0.05, 0) is 6.07 Å². The molecule has 0 aliphatic carbocycles. The standard InChI is InChI=1S/C9H10N4O2S/c1-15-5-2-4(10)3-6-7(5)12-9(16-6)13-8(11)14/h2-3H,10H2,1H3,(H3,11,12,13,14). The Kier molecular flexibility index (Phi) is 2.53. The molecule has 0 aliphatic heterocycles. The van der Waals surface area contributed by atoms with Gasteiger partial charge < -0.3 is 16.2 Å². The van der Waals surface area contributed by atoms with Gasteiger partial charge in [-0.1, -0.05) is 11.3 Å². The molecule has 2 aromatic rings. The van der Waals surface area contributed by atoms with Crippen LogP contribution in [0.2, 0.25) is 0 Å². The maximum absolute atomic E-state index is 10.7.